The molecule has 0 bridgehead atoms. The molecule has 0 unspecified atom stereocenters. The maximum absolute atomic E-state index is 14.2. The summed E-state index contributed by atoms with van der Waals surface area (Å²) < 4.78 is 47.1. The monoisotopic (exact) mass is 464 g/mol. The first-order chi connectivity index (χ1) is 15.2. The molecule has 0 amide bonds. The molecular weight excluding hydrogens is 433 g/mol. The Morgan fingerprint density at radius 1 is 1.16 bits per heavy atom. The second-order valence-electron chi connectivity index (χ2n) is 8.25. The number of likely N-dealkylation sites (N-methyl/N-ethyl adjacent to an activating group) is 1. The highest BCUT2D eigenvalue weighted by Gasteiger charge is 2.34. The fraction of sp³-hybridized carbons (Fsp3) is 0.435. The first kappa shape index (κ1) is 24.3. The number of ether oxygens (including phenoxy) is 1. The SMILES string of the molecule is COC(=O)c1ccc(CNS(=O)(=O)CCC[N+]2(c3ccccc3)CCN(C)CC2)c(F)c1. The Kier molecular flexibility index (Phi) is 8.00. The van der Waals surface area contributed by atoms with E-state index in [1.807, 2.05) is 18.2 Å². The van der Waals surface area contributed by atoms with Crippen molar-refractivity contribution in [2.24, 2.45) is 0 Å². The molecule has 1 N–H and O–H groups in total. The predicted octanol–water partition coefficient (Wildman–Crippen LogP) is 2.37. The van der Waals surface area contributed by atoms with Gasteiger partial charge in [-0.15, -0.1) is 0 Å². The minimum Gasteiger partial charge on any atom is -0.465 e. The summed E-state index contributed by atoms with van der Waals surface area (Å²) in [5.41, 5.74) is 1.46. The number of nitrogens with one attached hydrogen (secondary N) is 1. The summed E-state index contributed by atoms with van der Waals surface area (Å²) in [5.74, 6) is -1.32. The molecule has 1 saturated heterocycles. The fourth-order valence-electron chi connectivity index (χ4n) is 4.06. The van der Waals surface area contributed by atoms with Crippen LogP contribution >= 0.6 is 0 Å². The van der Waals surface area contributed by atoms with E-state index in [2.05, 4.69) is 33.5 Å². The summed E-state index contributed by atoms with van der Waals surface area (Å²) in [6, 6.07) is 14.1. The molecule has 174 valence electrons. The molecule has 1 fully saturated rings. The Balaban J connectivity index is 1.59. The van der Waals surface area contributed by atoms with E-state index in [9.17, 15) is 17.6 Å². The lowest BCUT2D eigenvalue weighted by atomic mass is 10.1. The van der Waals surface area contributed by atoms with Gasteiger partial charge in [-0.25, -0.2) is 22.3 Å². The summed E-state index contributed by atoms with van der Waals surface area (Å²) in [5, 5.41) is 0. The van der Waals surface area contributed by atoms with Crippen LogP contribution in [0.4, 0.5) is 10.1 Å². The highest BCUT2D eigenvalue weighted by Crippen LogP contribution is 2.25. The zero-order valence-corrected chi connectivity index (χ0v) is 19.4. The number of halogens is 1. The molecule has 9 heteroatoms. The number of para-hydroxylation sites is 1. The van der Waals surface area contributed by atoms with E-state index in [4.69, 9.17) is 0 Å². The van der Waals surface area contributed by atoms with Gasteiger partial charge in [0.15, 0.2) is 0 Å². The average Bonchev–Trinajstić information content (AvgIpc) is 2.79. The van der Waals surface area contributed by atoms with Crippen LogP contribution in [-0.4, -0.2) is 71.9 Å². The first-order valence-corrected chi connectivity index (χ1v) is 12.3. The number of quaternary nitrogens is 1. The molecule has 0 atom stereocenters. The van der Waals surface area contributed by atoms with Crippen LogP contribution in [0.25, 0.3) is 0 Å². The molecule has 7 nitrogen and oxygen atoms in total. The number of carbonyl (C=O) groups is 1. The van der Waals surface area contributed by atoms with Crippen molar-refractivity contribution in [1.82, 2.24) is 14.1 Å². The molecule has 1 aliphatic heterocycles. The van der Waals surface area contributed by atoms with Crippen LogP contribution in [0.2, 0.25) is 0 Å². The molecule has 0 aromatic heterocycles. The normalized spacial score (nSPS) is 16.6. The zero-order valence-electron chi connectivity index (χ0n) is 18.6. The van der Waals surface area contributed by atoms with Gasteiger partial charge < -0.3 is 4.74 Å². The van der Waals surface area contributed by atoms with Gasteiger partial charge in [-0.2, -0.15) is 0 Å². The summed E-state index contributed by atoms with van der Waals surface area (Å²) >= 11 is 0. The molecule has 3 rings (SSSR count). The molecule has 2 aromatic carbocycles. The lowest BCUT2D eigenvalue weighted by Crippen LogP contribution is -2.60. The number of rotatable bonds is 9. The van der Waals surface area contributed by atoms with E-state index in [1.54, 1.807) is 0 Å². The molecule has 0 radical (unpaired) electrons. The molecule has 1 aliphatic rings. The number of nitrogens with zero attached hydrogens (tertiary/aromatic N) is 2. The van der Waals surface area contributed by atoms with Gasteiger partial charge >= 0.3 is 5.97 Å². The fourth-order valence-corrected chi connectivity index (χ4v) is 5.08. The molecular formula is C23H31FN3O4S+. The number of hydrogen-bond acceptors (Lipinski definition) is 5. The molecule has 32 heavy (non-hydrogen) atoms. The van der Waals surface area contributed by atoms with Crippen molar-refractivity contribution >= 4 is 21.7 Å². The van der Waals surface area contributed by atoms with Crippen molar-refractivity contribution in [1.29, 1.82) is 0 Å². The summed E-state index contributed by atoms with van der Waals surface area (Å²) in [4.78, 5) is 13.8. The van der Waals surface area contributed by atoms with E-state index in [1.165, 1.54) is 24.9 Å². The number of benzene rings is 2. The van der Waals surface area contributed by atoms with Gasteiger partial charge in [-0.05, 0) is 31.3 Å². The number of hydrogen-bond donors (Lipinski definition) is 1. The molecule has 1 heterocycles. The van der Waals surface area contributed by atoms with E-state index < -0.39 is 21.8 Å². The second kappa shape index (κ2) is 10.5. The Bertz CT molecular complexity index is 1020. The van der Waals surface area contributed by atoms with E-state index in [0.29, 0.717) is 6.42 Å². The predicted molar refractivity (Wildman–Crippen MR) is 123 cm³/mol. The van der Waals surface area contributed by atoms with Gasteiger partial charge in [0, 0.05) is 31.6 Å². The third kappa shape index (κ3) is 6.13. The van der Waals surface area contributed by atoms with Gasteiger partial charge in [0.25, 0.3) is 0 Å². The first-order valence-electron chi connectivity index (χ1n) is 10.7. The second-order valence-corrected chi connectivity index (χ2v) is 10.2. The number of esters is 1. The third-order valence-corrected chi connectivity index (χ3v) is 7.49. The summed E-state index contributed by atoms with van der Waals surface area (Å²) in [7, 11) is -0.259. The lowest BCUT2D eigenvalue weighted by Gasteiger charge is -2.43. The zero-order chi connectivity index (χ0) is 23.2. The Morgan fingerprint density at radius 3 is 2.47 bits per heavy atom. The van der Waals surface area contributed by atoms with Crippen molar-refractivity contribution in [2.75, 3.05) is 52.6 Å². The third-order valence-electron chi connectivity index (χ3n) is 6.08. The standard InChI is InChI=1S/C23H31FN3O4S/c1-26-11-14-27(15-12-26,21-7-4-3-5-8-21)13-6-16-32(29,30)25-18-20-10-9-19(17-22(20)24)23(28)31-2/h3-5,7-10,17,25H,6,11-16,18H2,1-2H3/q+1. The average molecular weight is 465 g/mol. The number of sulfonamides is 1. The Labute approximate surface area is 189 Å². The number of carbonyl (C=O) groups excluding carboxylic acids is 1. The van der Waals surface area contributed by atoms with Crippen LogP contribution in [0.15, 0.2) is 48.5 Å². The molecule has 0 spiro atoms. The van der Waals surface area contributed by atoms with Crippen LogP contribution in [0.5, 0.6) is 0 Å². The van der Waals surface area contributed by atoms with Crippen LogP contribution in [0.1, 0.15) is 22.3 Å². The number of piperazine rings is 1. The summed E-state index contributed by atoms with van der Waals surface area (Å²) in [6.07, 6.45) is 0.498. The van der Waals surface area contributed by atoms with Gasteiger partial charge in [-0.1, -0.05) is 24.3 Å². The smallest absolute Gasteiger partial charge is 0.337 e. The quantitative estimate of drug-likeness (QED) is 0.456. The largest absolute Gasteiger partial charge is 0.465 e. The van der Waals surface area contributed by atoms with Crippen molar-refractivity contribution in [2.45, 2.75) is 13.0 Å². The Morgan fingerprint density at radius 2 is 1.84 bits per heavy atom. The lowest BCUT2D eigenvalue weighted by molar-refractivity contribution is 0.0600. The minimum atomic E-state index is -3.58. The molecule has 0 saturated carbocycles. The Hall–Kier alpha value is -2.33. The summed E-state index contributed by atoms with van der Waals surface area (Å²) in [6.45, 7) is 4.35. The van der Waals surface area contributed by atoms with Crippen LogP contribution in [0.3, 0.4) is 0 Å². The highest BCUT2D eigenvalue weighted by molar-refractivity contribution is 7.89. The van der Waals surface area contributed by atoms with Crippen molar-refractivity contribution in [3.05, 3.63) is 65.5 Å². The minimum absolute atomic E-state index is 0.0302. The van der Waals surface area contributed by atoms with E-state index in [0.717, 1.165) is 43.3 Å². The van der Waals surface area contributed by atoms with Gasteiger partial charge in [0.1, 0.15) is 11.5 Å². The highest BCUT2D eigenvalue weighted by atomic mass is 32.2. The van der Waals surface area contributed by atoms with Gasteiger partial charge in [-0.3, -0.25) is 9.38 Å². The number of methoxy groups -OCH3 is 1. The van der Waals surface area contributed by atoms with Crippen molar-refractivity contribution < 1.29 is 22.3 Å². The van der Waals surface area contributed by atoms with Gasteiger partial charge in [0.2, 0.25) is 10.0 Å². The van der Waals surface area contributed by atoms with Crippen molar-refractivity contribution in [3.63, 3.8) is 0 Å². The van der Waals surface area contributed by atoms with Crippen LogP contribution in [0, 0.1) is 5.82 Å². The molecule has 2 aromatic rings. The van der Waals surface area contributed by atoms with Crippen LogP contribution < -0.4 is 9.21 Å². The van der Waals surface area contributed by atoms with E-state index in [-0.39, 0.29) is 23.4 Å². The van der Waals surface area contributed by atoms with Crippen LogP contribution in [-0.2, 0) is 21.3 Å². The van der Waals surface area contributed by atoms with Crippen molar-refractivity contribution in [3.8, 4) is 0 Å². The van der Waals surface area contributed by atoms with E-state index >= 15 is 0 Å². The maximum atomic E-state index is 14.2. The topological polar surface area (TPSA) is 75.7 Å². The molecule has 0 aliphatic carbocycles. The maximum Gasteiger partial charge on any atom is 0.337 e. The van der Waals surface area contributed by atoms with Gasteiger partial charge in [0.05, 0.1) is 38.1 Å².